The highest BCUT2D eigenvalue weighted by Crippen LogP contribution is 2.31. The van der Waals surface area contributed by atoms with Gasteiger partial charge in [-0.15, -0.1) is 0 Å². The van der Waals surface area contributed by atoms with Crippen LogP contribution >= 0.6 is 0 Å². The van der Waals surface area contributed by atoms with Crippen molar-refractivity contribution in [1.82, 2.24) is 14.8 Å². The normalized spacial score (nSPS) is 25.7. The first-order chi connectivity index (χ1) is 12.8. The van der Waals surface area contributed by atoms with E-state index in [4.69, 9.17) is 4.98 Å². The fourth-order valence-electron chi connectivity index (χ4n) is 4.77. The number of hydrogen-bond acceptors (Lipinski definition) is 4. The van der Waals surface area contributed by atoms with Crippen LogP contribution in [0, 0.1) is 5.92 Å². The summed E-state index contributed by atoms with van der Waals surface area (Å²) >= 11 is 0. The van der Waals surface area contributed by atoms with Gasteiger partial charge in [-0.2, -0.15) is 0 Å². The van der Waals surface area contributed by atoms with E-state index in [9.17, 15) is 0 Å². The molecule has 1 aromatic carbocycles. The third-order valence-electron chi connectivity index (χ3n) is 6.41. The van der Waals surface area contributed by atoms with Crippen LogP contribution in [0.1, 0.15) is 25.7 Å². The average Bonchev–Trinajstić information content (AvgIpc) is 3.54. The molecule has 0 amide bonds. The highest BCUT2D eigenvalue weighted by atomic mass is 15.3. The molecule has 138 valence electrons. The molecular formula is C22H30N4. The number of piperazine rings is 1. The van der Waals surface area contributed by atoms with Gasteiger partial charge in [0, 0.05) is 50.7 Å². The molecule has 0 radical (unpaired) electrons. The standard InChI is InChI=1S/C22H30N4/c1-2-6-21-19(5-1)7-10-22(23-21)25-14-12-24(13-15-25)16-18-4-3-11-26(17-18)20-8-9-20/h1-2,5-7,10,18,20H,3-4,8-9,11-17H2/t18-/m1/s1. The van der Waals surface area contributed by atoms with Gasteiger partial charge in [-0.05, 0) is 56.3 Å². The van der Waals surface area contributed by atoms with Gasteiger partial charge in [-0.1, -0.05) is 18.2 Å². The summed E-state index contributed by atoms with van der Waals surface area (Å²) < 4.78 is 0. The zero-order valence-electron chi connectivity index (χ0n) is 15.7. The Morgan fingerprint density at radius 1 is 0.885 bits per heavy atom. The zero-order valence-corrected chi connectivity index (χ0v) is 15.7. The molecule has 2 aliphatic heterocycles. The van der Waals surface area contributed by atoms with Crippen LogP contribution in [0.15, 0.2) is 36.4 Å². The monoisotopic (exact) mass is 350 g/mol. The predicted octanol–water partition coefficient (Wildman–Crippen LogP) is 3.23. The van der Waals surface area contributed by atoms with Gasteiger partial charge >= 0.3 is 0 Å². The van der Waals surface area contributed by atoms with Gasteiger partial charge in [0.2, 0.25) is 0 Å². The number of nitrogens with zero attached hydrogens (tertiary/aromatic N) is 4. The quantitative estimate of drug-likeness (QED) is 0.844. The Morgan fingerprint density at radius 2 is 1.73 bits per heavy atom. The van der Waals surface area contributed by atoms with Crippen molar-refractivity contribution in [2.45, 2.75) is 31.7 Å². The van der Waals surface area contributed by atoms with Crippen molar-refractivity contribution in [3.05, 3.63) is 36.4 Å². The summed E-state index contributed by atoms with van der Waals surface area (Å²) in [6.07, 6.45) is 5.73. The lowest BCUT2D eigenvalue weighted by Gasteiger charge is -2.39. The molecule has 3 aliphatic rings. The van der Waals surface area contributed by atoms with E-state index < -0.39 is 0 Å². The fourth-order valence-corrected chi connectivity index (χ4v) is 4.77. The van der Waals surface area contributed by atoms with E-state index in [-0.39, 0.29) is 0 Å². The fraction of sp³-hybridized carbons (Fsp3) is 0.591. The van der Waals surface area contributed by atoms with Crippen LogP contribution in [0.4, 0.5) is 5.82 Å². The number of pyridine rings is 1. The van der Waals surface area contributed by atoms with E-state index in [1.165, 1.54) is 63.8 Å². The molecule has 0 spiro atoms. The van der Waals surface area contributed by atoms with Gasteiger partial charge in [-0.3, -0.25) is 4.90 Å². The van der Waals surface area contributed by atoms with Crippen LogP contribution in [0.25, 0.3) is 10.9 Å². The van der Waals surface area contributed by atoms with E-state index in [0.29, 0.717) is 0 Å². The van der Waals surface area contributed by atoms with Crippen molar-refractivity contribution >= 4 is 16.7 Å². The summed E-state index contributed by atoms with van der Waals surface area (Å²) in [7, 11) is 0. The smallest absolute Gasteiger partial charge is 0.129 e. The minimum absolute atomic E-state index is 0.884. The Hall–Kier alpha value is -1.65. The molecule has 26 heavy (non-hydrogen) atoms. The first-order valence-electron chi connectivity index (χ1n) is 10.4. The second-order valence-electron chi connectivity index (χ2n) is 8.38. The summed E-state index contributed by atoms with van der Waals surface area (Å²) in [4.78, 5) is 12.8. The van der Waals surface area contributed by atoms with Gasteiger partial charge < -0.3 is 9.80 Å². The molecular weight excluding hydrogens is 320 g/mol. The van der Waals surface area contributed by atoms with E-state index >= 15 is 0 Å². The van der Waals surface area contributed by atoms with Gasteiger partial charge in [0.15, 0.2) is 0 Å². The number of anilines is 1. The Bertz CT molecular complexity index is 749. The first kappa shape index (κ1) is 16.5. The minimum Gasteiger partial charge on any atom is -0.354 e. The second-order valence-corrected chi connectivity index (χ2v) is 8.38. The molecule has 3 heterocycles. The number of aromatic nitrogens is 1. The lowest BCUT2D eigenvalue weighted by Crippen LogP contribution is -2.50. The van der Waals surface area contributed by atoms with E-state index in [1.54, 1.807) is 0 Å². The largest absolute Gasteiger partial charge is 0.354 e. The number of hydrogen-bond donors (Lipinski definition) is 0. The molecule has 3 fully saturated rings. The number of piperidine rings is 1. The molecule has 4 nitrogen and oxygen atoms in total. The summed E-state index contributed by atoms with van der Waals surface area (Å²) in [5.41, 5.74) is 1.11. The third kappa shape index (κ3) is 3.58. The van der Waals surface area contributed by atoms with E-state index in [0.717, 1.165) is 36.4 Å². The molecule has 1 aromatic heterocycles. The Labute approximate surface area is 156 Å². The summed E-state index contributed by atoms with van der Waals surface area (Å²) in [6, 6.07) is 13.7. The van der Waals surface area contributed by atoms with Crippen molar-refractivity contribution in [3.63, 3.8) is 0 Å². The van der Waals surface area contributed by atoms with Crippen molar-refractivity contribution in [2.24, 2.45) is 5.92 Å². The molecule has 1 atom stereocenters. The number of likely N-dealkylation sites (tertiary alicyclic amines) is 1. The van der Waals surface area contributed by atoms with Crippen LogP contribution in [0.5, 0.6) is 0 Å². The van der Waals surface area contributed by atoms with E-state index in [2.05, 4.69) is 51.1 Å². The van der Waals surface area contributed by atoms with Crippen molar-refractivity contribution in [1.29, 1.82) is 0 Å². The van der Waals surface area contributed by atoms with Gasteiger partial charge in [0.1, 0.15) is 5.82 Å². The van der Waals surface area contributed by atoms with Crippen molar-refractivity contribution in [3.8, 4) is 0 Å². The lowest BCUT2D eigenvalue weighted by atomic mass is 9.97. The maximum atomic E-state index is 4.88. The SMILES string of the molecule is c1ccc2nc(N3CCN(C[C@H]4CCCN(C5CC5)C4)CC3)ccc2c1. The molecule has 0 unspecified atom stereocenters. The zero-order chi connectivity index (χ0) is 17.3. The highest BCUT2D eigenvalue weighted by molar-refractivity contribution is 5.80. The van der Waals surface area contributed by atoms with Gasteiger partial charge in [0.05, 0.1) is 5.52 Å². The second kappa shape index (κ2) is 7.16. The van der Waals surface area contributed by atoms with Crippen LogP contribution in [0.3, 0.4) is 0 Å². The highest BCUT2D eigenvalue weighted by Gasteiger charge is 2.33. The summed E-state index contributed by atoms with van der Waals surface area (Å²) in [6.45, 7) is 8.54. The first-order valence-corrected chi connectivity index (χ1v) is 10.4. The van der Waals surface area contributed by atoms with Crippen LogP contribution in [-0.4, -0.2) is 66.6 Å². The Balaban J connectivity index is 1.16. The van der Waals surface area contributed by atoms with Crippen LogP contribution in [-0.2, 0) is 0 Å². The van der Waals surface area contributed by atoms with Gasteiger partial charge in [-0.25, -0.2) is 4.98 Å². The Kier molecular flexibility index (Phi) is 4.55. The van der Waals surface area contributed by atoms with Crippen LogP contribution < -0.4 is 4.90 Å². The summed E-state index contributed by atoms with van der Waals surface area (Å²) in [5, 5.41) is 1.23. The predicted molar refractivity (Wildman–Crippen MR) is 108 cm³/mol. The number of para-hydroxylation sites is 1. The third-order valence-corrected chi connectivity index (χ3v) is 6.41. The molecule has 1 saturated carbocycles. The summed E-state index contributed by atoms with van der Waals surface area (Å²) in [5.74, 6) is 2.02. The maximum absolute atomic E-state index is 4.88. The Morgan fingerprint density at radius 3 is 2.58 bits per heavy atom. The molecule has 2 aromatic rings. The molecule has 0 N–H and O–H groups in total. The number of rotatable bonds is 4. The van der Waals surface area contributed by atoms with Crippen LogP contribution in [0.2, 0.25) is 0 Å². The number of fused-ring (bicyclic) bond motifs is 1. The molecule has 4 heteroatoms. The van der Waals surface area contributed by atoms with Crippen molar-refractivity contribution < 1.29 is 0 Å². The molecule has 2 saturated heterocycles. The maximum Gasteiger partial charge on any atom is 0.129 e. The topological polar surface area (TPSA) is 22.6 Å². The molecule has 0 bridgehead atoms. The molecule has 1 aliphatic carbocycles. The van der Waals surface area contributed by atoms with Crippen molar-refractivity contribution in [2.75, 3.05) is 50.7 Å². The minimum atomic E-state index is 0.884. The lowest BCUT2D eigenvalue weighted by molar-refractivity contribution is 0.124. The number of benzene rings is 1. The van der Waals surface area contributed by atoms with E-state index in [1.807, 2.05) is 0 Å². The molecule has 5 rings (SSSR count). The van der Waals surface area contributed by atoms with Gasteiger partial charge in [0.25, 0.3) is 0 Å². The average molecular weight is 351 g/mol.